The molecule has 0 aliphatic heterocycles. The summed E-state index contributed by atoms with van der Waals surface area (Å²) in [5.41, 5.74) is 10.1. The Labute approximate surface area is 195 Å². The number of nitrogens with zero attached hydrogens (tertiary/aromatic N) is 3. The van der Waals surface area contributed by atoms with E-state index in [0.29, 0.717) is 0 Å². The molecule has 0 fully saturated rings. The first-order chi connectivity index (χ1) is 15.8. The highest BCUT2D eigenvalue weighted by molar-refractivity contribution is 5.87. The molecule has 4 N–H and O–H groups in total. The fraction of sp³-hybridized carbons (Fsp3) is 0.240. The number of allylic oxidation sites excluding steroid dienone is 1. The largest absolute Gasteiger partial charge is 0.497 e. The number of fused-ring (bicyclic) bond motifs is 1. The zero-order valence-corrected chi connectivity index (χ0v) is 19.7. The molecule has 0 aliphatic rings. The molecule has 0 amide bonds. The second-order valence-electron chi connectivity index (χ2n) is 7.19. The third kappa shape index (κ3) is 7.05. The van der Waals surface area contributed by atoms with Gasteiger partial charge in [-0.05, 0) is 43.8 Å². The van der Waals surface area contributed by atoms with Gasteiger partial charge in [0.25, 0.3) is 0 Å². The summed E-state index contributed by atoms with van der Waals surface area (Å²) in [6, 6.07) is 12.0. The minimum absolute atomic E-state index is 0.0185. The Morgan fingerprint density at radius 1 is 1.12 bits per heavy atom. The highest BCUT2D eigenvalue weighted by Gasteiger charge is 2.14. The minimum Gasteiger partial charge on any atom is -0.497 e. The number of methoxy groups -OCH3 is 2. The van der Waals surface area contributed by atoms with Gasteiger partial charge in [0.2, 0.25) is 0 Å². The average molecular weight is 449 g/mol. The van der Waals surface area contributed by atoms with Crippen LogP contribution in [0.25, 0.3) is 16.6 Å². The molecule has 3 aromatic rings. The second kappa shape index (κ2) is 12.2. The number of nitrogens with one attached hydrogen (secondary N) is 2. The number of benzene rings is 2. The van der Waals surface area contributed by atoms with E-state index in [4.69, 9.17) is 25.6 Å². The van der Waals surface area contributed by atoms with Crippen LogP contribution in [-0.2, 0) is 0 Å². The van der Waals surface area contributed by atoms with E-state index in [-0.39, 0.29) is 5.84 Å². The number of hydrogen-bond donors (Lipinski definition) is 3. The maximum absolute atomic E-state index is 6.40. The van der Waals surface area contributed by atoms with Gasteiger partial charge in [0, 0.05) is 42.7 Å². The average Bonchev–Trinajstić information content (AvgIpc) is 2.83. The summed E-state index contributed by atoms with van der Waals surface area (Å²) >= 11 is 0. The van der Waals surface area contributed by atoms with E-state index in [1.54, 1.807) is 20.4 Å². The third-order valence-corrected chi connectivity index (χ3v) is 4.73. The predicted octanol–water partition coefficient (Wildman–Crippen LogP) is 4.15. The molecule has 2 aromatic carbocycles. The molecule has 0 unspecified atom stereocenters. The Kier molecular flexibility index (Phi) is 9.38. The van der Waals surface area contributed by atoms with E-state index in [0.717, 1.165) is 58.3 Å². The normalized spacial score (nSPS) is 10.1. The smallest absolute Gasteiger partial charge is 0.124 e. The first-order valence-corrected chi connectivity index (χ1v) is 10.4. The molecule has 33 heavy (non-hydrogen) atoms. The van der Waals surface area contributed by atoms with Crippen molar-refractivity contribution in [3.8, 4) is 11.5 Å². The molecule has 174 valence electrons. The maximum atomic E-state index is 6.40. The van der Waals surface area contributed by atoms with Crippen molar-refractivity contribution in [2.75, 3.05) is 39.3 Å². The predicted molar refractivity (Wildman–Crippen MR) is 137 cm³/mol. The SMILES string of the molecule is C=C(C)c1cnc2ccc(N(CCNC)c3cc(OC)cc(OC)c3)cc2n1.C=CC(=N)N. The van der Waals surface area contributed by atoms with Gasteiger partial charge >= 0.3 is 0 Å². The van der Waals surface area contributed by atoms with Crippen LogP contribution in [0.2, 0.25) is 0 Å². The molecule has 1 aromatic heterocycles. The number of hydrogen-bond acceptors (Lipinski definition) is 7. The highest BCUT2D eigenvalue weighted by atomic mass is 16.5. The van der Waals surface area contributed by atoms with Crippen LogP contribution in [0.4, 0.5) is 11.4 Å². The molecule has 0 bridgehead atoms. The van der Waals surface area contributed by atoms with E-state index in [2.05, 4.69) is 40.5 Å². The van der Waals surface area contributed by atoms with Crippen molar-refractivity contribution in [1.29, 1.82) is 5.41 Å². The summed E-state index contributed by atoms with van der Waals surface area (Å²) in [5.74, 6) is 1.51. The summed E-state index contributed by atoms with van der Waals surface area (Å²) in [5, 5.41) is 9.62. The van der Waals surface area contributed by atoms with E-state index in [9.17, 15) is 0 Å². The van der Waals surface area contributed by atoms with E-state index in [1.165, 1.54) is 6.08 Å². The van der Waals surface area contributed by atoms with E-state index in [1.807, 2.05) is 38.2 Å². The van der Waals surface area contributed by atoms with Crippen LogP contribution in [0.15, 0.2) is 61.8 Å². The zero-order chi connectivity index (χ0) is 24.4. The summed E-state index contributed by atoms with van der Waals surface area (Å²) in [7, 11) is 5.25. The fourth-order valence-electron chi connectivity index (χ4n) is 2.95. The summed E-state index contributed by atoms with van der Waals surface area (Å²) in [4.78, 5) is 11.4. The summed E-state index contributed by atoms with van der Waals surface area (Å²) in [6.07, 6.45) is 3.04. The Hall–Kier alpha value is -3.91. The van der Waals surface area contributed by atoms with E-state index >= 15 is 0 Å². The van der Waals surface area contributed by atoms with Gasteiger partial charge in [-0.3, -0.25) is 10.4 Å². The molecule has 0 spiro atoms. The van der Waals surface area contributed by atoms with Crippen LogP contribution in [0.3, 0.4) is 0 Å². The Bertz CT molecular complexity index is 1110. The van der Waals surface area contributed by atoms with Crippen molar-refractivity contribution in [2.45, 2.75) is 6.92 Å². The van der Waals surface area contributed by atoms with Gasteiger partial charge in [0.15, 0.2) is 0 Å². The number of nitrogens with two attached hydrogens (primary N) is 1. The molecule has 0 aliphatic carbocycles. The van der Waals surface area contributed by atoms with Crippen LogP contribution < -0.4 is 25.4 Å². The summed E-state index contributed by atoms with van der Waals surface area (Å²) < 4.78 is 10.9. The highest BCUT2D eigenvalue weighted by Crippen LogP contribution is 2.33. The number of likely N-dealkylation sites (N-methyl/N-ethyl adjacent to an activating group) is 1. The molecule has 1 heterocycles. The van der Waals surface area contributed by atoms with Crippen LogP contribution in [0, 0.1) is 5.41 Å². The van der Waals surface area contributed by atoms with Gasteiger partial charge < -0.3 is 25.4 Å². The van der Waals surface area contributed by atoms with Crippen molar-refractivity contribution in [1.82, 2.24) is 15.3 Å². The van der Waals surface area contributed by atoms with Gasteiger partial charge in [0.05, 0.1) is 37.1 Å². The quantitative estimate of drug-likeness (QED) is 0.333. The molecule has 0 radical (unpaired) electrons. The topological polar surface area (TPSA) is 109 Å². The van der Waals surface area contributed by atoms with Crippen molar-refractivity contribution in [3.05, 3.63) is 67.5 Å². The number of amidine groups is 1. The fourth-order valence-corrected chi connectivity index (χ4v) is 2.95. The van der Waals surface area contributed by atoms with Gasteiger partial charge in [0.1, 0.15) is 17.3 Å². The minimum atomic E-state index is 0.0185. The molecule has 8 heteroatoms. The zero-order valence-electron chi connectivity index (χ0n) is 19.7. The molecule has 0 saturated carbocycles. The van der Waals surface area contributed by atoms with Crippen LogP contribution in [0.1, 0.15) is 12.6 Å². The van der Waals surface area contributed by atoms with Crippen LogP contribution in [-0.4, -0.2) is 50.2 Å². The maximum Gasteiger partial charge on any atom is 0.124 e. The van der Waals surface area contributed by atoms with Crippen LogP contribution >= 0.6 is 0 Å². The van der Waals surface area contributed by atoms with Gasteiger partial charge in [-0.15, -0.1) is 0 Å². The lowest BCUT2D eigenvalue weighted by molar-refractivity contribution is 0.394. The van der Waals surface area contributed by atoms with Crippen molar-refractivity contribution in [2.24, 2.45) is 5.73 Å². The number of rotatable bonds is 9. The molecule has 8 nitrogen and oxygen atoms in total. The molecule has 0 atom stereocenters. The monoisotopic (exact) mass is 448 g/mol. The lowest BCUT2D eigenvalue weighted by Gasteiger charge is -2.26. The number of anilines is 2. The lowest BCUT2D eigenvalue weighted by atomic mass is 10.2. The Morgan fingerprint density at radius 3 is 2.27 bits per heavy atom. The Morgan fingerprint density at radius 2 is 1.76 bits per heavy atom. The van der Waals surface area contributed by atoms with Gasteiger partial charge in [-0.25, -0.2) is 4.98 Å². The molecule has 3 rings (SSSR count). The second-order valence-corrected chi connectivity index (χ2v) is 7.19. The summed E-state index contributed by atoms with van der Waals surface area (Å²) in [6.45, 7) is 10.7. The molecule has 0 saturated heterocycles. The first-order valence-electron chi connectivity index (χ1n) is 10.4. The number of aromatic nitrogens is 2. The number of ether oxygens (including phenoxy) is 2. The molecular weight excluding hydrogens is 416 g/mol. The van der Waals surface area contributed by atoms with Crippen molar-refractivity contribution in [3.63, 3.8) is 0 Å². The Balaban J connectivity index is 0.000000696. The lowest BCUT2D eigenvalue weighted by Crippen LogP contribution is -2.26. The van der Waals surface area contributed by atoms with Crippen molar-refractivity contribution >= 4 is 33.8 Å². The van der Waals surface area contributed by atoms with Crippen molar-refractivity contribution < 1.29 is 9.47 Å². The van der Waals surface area contributed by atoms with Gasteiger partial charge in [-0.1, -0.05) is 13.2 Å². The molecular formula is C25H32N6O2. The van der Waals surface area contributed by atoms with Crippen LogP contribution in [0.5, 0.6) is 11.5 Å². The van der Waals surface area contributed by atoms with E-state index < -0.39 is 0 Å². The first kappa shape index (κ1) is 25.4. The standard InChI is InChI=1S/C22H26N4O2.C3H6N2/c1-15(2)22-14-24-20-7-6-16(12-21(20)25-22)26(9-8-23-3)17-10-18(27-4)13-19(11-17)28-5;1-2-3(4)5/h6-7,10-14,23H,1,8-9H2,2-5H3;2H,1H2,(H3,4,5). The third-order valence-electron chi connectivity index (χ3n) is 4.73. The van der Waals surface area contributed by atoms with Gasteiger partial charge in [-0.2, -0.15) is 0 Å².